The predicted octanol–water partition coefficient (Wildman–Crippen LogP) is 1.31. The number of carbonyl (C=O) groups is 1. The van der Waals surface area contributed by atoms with E-state index in [0.717, 1.165) is 18.2 Å². The molecule has 18 heavy (non-hydrogen) atoms. The topological polar surface area (TPSA) is 83.5 Å². The van der Waals surface area contributed by atoms with E-state index in [9.17, 15) is 13.2 Å². The summed E-state index contributed by atoms with van der Waals surface area (Å²) in [7, 11) is -3.46. The van der Waals surface area contributed by atoms with Crippen LogP contribution in [0.5, 0.6) is 0 Å². The first-order valence-electron chi connectivity index (χ1n) is 5.60. The first-order valence-corrected chi connectivity index (χ1v) is 7.49. The minimum atomic E-state index is -3.46. The van der Waals surface area contributed by atoms with Crippen molar-refractivity contribution in [2.45, 2.75) is 25.8 Å². The summed E-state index contributed by atoms with van der Waals surface area (Å²) in [5, 5.41) is 8.87. The lowest BCUT2D eigenvalue weighted by Crippen LogP contribution is -2.29. The molecule has 6 heteroatoms. The van der Waals surface area contributed by atoms with Crippen molar-refractivity contribution in [3.05, 3.63) is 35.4 Å². The van der Waals surface area contributed by atoms with Gasteiger partial charge in [0.2, 0.25) is 10.0 Å². The van der Waals surface area contributed by atoms with Crippen LogP contribution in [-0.2, 0) is 21.2 Å². The number of rotatable bonds is 6. The van der Waals surface area contributed by atoms with Gasteiger partial charge in [0.25, 0.3) is 0 Å². The third kappa shape index (κ3) is 4.46. The summed E-state index contributed by atoms with van der Waals surface area (Å²) in [6.07, 6.45) is 1.47. The molecular formula is C12H17NO4S. The molecule has 0 spiro atoms. The van der Waals surface area contributed by atoms with Gasteiger partial charge in [0.05, 0.1) is 18.7 Å². The molecule has 100 valence electrons. The number of carboxylic acid groups (broad SMARTS) is 1. The normalized spacial score (nSPS) is 13.2. The molecule has 1 aromatic carbocycles. The van der Waals surface area contributed by atoms with Crippen LogP contribution < -0.4 is 4.72 Å². The highest BCUT2D eigenvalue weighted by molar-refractivity contribution is 7.88. The summed E-state index contributed by atoms with van der Waals surface area (Å²) in [5.41, 5.74) is 1.66. The van der Waals surface area contributed by atoms with Crippen molar-refractivity contribution in [3.63, 3.8) is 0 Å². The lowest BCUT2D eigenvalue weighted by molar-refractivity contribution is -0.137. The Labute approximate surface area is 107 Å². The number of carboxylic acids is 1. The van der Waals surface area contributed by atoms with Crippen LogP contribution in [0.25, 0.3) is 0 Å². The molecule has 0 radical (unpaired) electrons. The van der Waals surface area contributed by atoms with Gasteiger partial charge in [-0.15, -0.1) is 0 Å². The van der Waals surface area contributed by atoms with Gasteiger partial charge in [-0.3, -0.25) is 4.79 Å². The Hall–Kier alpha value is -1.40. The third-order valence-corrected chi connectivity index (χ3v) is 3.26. The molecule has 1 rings (SSSR count). The summed E-state index contributed by atoms with van der Waals surface area (Å²) in [4.78, 5) is 10.8. The number of aryl methyl sites for hydroxylation is 1. The molecule has 0 aliphatic carbocycles. The van der Waals surface area contributed by atoms with Gasteiger partial charge < -0.3 is 5.11 Å². The van der Waals surface area contributed by atoms with E-state index in [-0.39, 0.29) is 6.42 Å². The molecule has 0 saturated carbocycles. The Kier molecular flexibility index (Phi) is 4.86. The van der Waals surface area contributed by atoms with Crippen molar-refractivity contribution in [2.24, 2.45) is 0 Å². The molecule has 0 bridgehead atoms. The Morgan fingerprint density at radius 2 is 2.00 bits per heavy atom. The molecule has 0 amide bonds. The van der Waals surface area contributed by atoms with E-state index in [1.54, 1.807) is 12.1 Å². The van der Waals surface area contributed by atoms with Gasteiger partial charge in [-0.1, -0.05) is 31.2 Å². The average molecular weight is 271 g/mol. The predicted molar refractivity (Wildman–Crippen MR) is 68.8 cm³/mol. The fraction of sp³-hybridized carbons (Fsp3) is 0.417. The van der Waals surface area contributed by atoms with Gasteiger partial charge in [-0.2, -0.15) is 0 Å². The van der Waals surface area contributed by atoms with Gasteiger partial charge in [0.15, 0.2) is 0 Å². The Morgan fingerprint density at radius 3 is 2.50 bits per heavy atom. The fourth-order valence-corrected chi connectivity index (χ4v) is 2.57. The standard InChI is InChI=1S/C12H17NO4S/c1-3-9-6-4-5-7-10(9)11(8-12(14)15)13-18(2,16)17/h4-7,11,13H,3,8H2,1-2H3,(H,14,15). The molecule has 0 aliphatic heterocycles. The first-order chi connectivity index (χ1) is 8.33. The second kappa shape index (κ2) is 5.97. The monoisotopic (exact) mass is 271 g/mol. The van der Waals surface area contributed by atoms with Gasteiger partial charge in [0.1, 0.15) is 0 Å². The number of sulfonamides is 1. The van der Waals surface area contributed by atoms with Crippen LogP contribution in [0.15, 0.2) is 24.3 Å². The summed E-state index contributed by atoms with van der Waals surface area (Å²) in [6, 6.07) is 6.51. The molecule has 1 aromatic rings. The SMILES string of the molecule is CCc1ccccc1C(CC(=O)O)NS(C)(=O)=O. The van der Waals surface area contributed by atoms with E-state index < -0.39 is 22.0 Å². The van der Waals surface area contributed by atoms with Crippen LogP contribution in [0.1, 0.15) is 30.5 Å². The molecule has 0 fully saturated rings. The number of hydrogen-bond acceptors (Lipinski definition) is 3. The zero-order valence-corrected chi connectivity index (χ0v) is 11.2. The van der Waals surface area contributed by atoms with Crippen molar-refractivity contribution in [2.75, 3.05) is 6.26 Å². The van der Waals surface area contributed by atoms with E-state index >= 15 is 0 Å². The lowest BCUT2D eigenvalue weighted by atomic mass is 9.97. The zero-order chi connectivity index (χ0) is 13.8. The minimum Gasteiger partial charge on any atom is -0.481 e. The van der Waals surface area contributed by atoms with E-state index in [0.29, 0.717) is 5.56 Å². The molecule has 1 unspecified atom stereocenters. The average Bonchev–Trinajstić information content (AvgIpc) is 2.25. The maximum Gasteiger partial charge on any atom is 0.305 e. The van der Waals surface area contributed by atoms with Crippen molar-refractivity contribution in [3.8, 4) is 0 Å². The van der Waals surface area contributed by atoms with Gasteiger partial charge in [-0.25, -0.2) is 13.1 Å². The quantitative estimate of drug-likeness (QED) is 0.817. The van der Waals surface area contributed by atoms with Crippen LogP contribution in [0.4, 0.5) is 0 Å². The Morgan fingerprint density at radius 1 is 1.39 bits per heavy atom. The Bertz CT molecular complexity index is 525. The highest BCUT2D eigenvalue weighted by atomic mass is 32.2. The second-order valence-electron chi connectivity index (χ2n) is 4.09. The van der Waals surface area contributed by atoms with E-state index in [1.807, 2.05) is 19.1 Å². The van der Waals surface area contributed by atoms with Crippen molar-refractivity contribution in [1.29, 1.82) is 0 Å². The fourth-order valence-electron chi connectivity index (χ4n) is 1.84. The number of nitrogens with one attached hydrogen (secondary N) is 1. The highest BCUT2D eigenvalue weighted by Crippen LogP contribution is 2.22. The van der Waals surface area contributed by atoms with Gasteiger partial charge in [-0.05, 0) is 17.5 Å². The van der Waals surface area contributed by atoms with Crippen molar-refractivity contribution >= 4 is 16.0 Å². The van der Waals surface area contributed by atoms with Crippen LogP contribution in [0, 0.1) is 0 Å². The van der Waals surface area contributed by atoms with Gasteiger partial charge in [0, 0.05) is 0 Å². The summed E-state index contributed by atoms with van der Waals surface area (Å²) >= 11 is 0. The lowest BCUT2D eigenvalue weighted by Gasteiger charge is -2.19. The first kappa shape index (κ1) is 14.7. The maximum atomic E-state index is 11.3. The molecule has 0 aromatic heterocycles. The van der Waals surface area contributed by atoms with E-state index in [4.69, 9.17) is 5.11 Å². The van der Waals surface area contributed by atoms with Crippen LogP contribution in [-0.4, -0.2) is 25.7 Å². The Balaban J connectivity index is 3.12. The van der Waals surface area contributed by atoms with Crippen LogP contribution in [0.3, 0.4) is 0 Å². The zero-order valence-electron chi connectivity index (χ0n) is 10.4. The molecule has 1 atom stereocenters. The number of benzene rings is 1. The maximum absolute atomic E-state index is 11.3. The molecule has 0 saturated heterocycles. The molecular weight excluding hydrogens is 254 g/mol. The molecule has 2 N–H and O–H groups in total. The molecule has 0 heterocycles. The number of aliphatic carboxylic acids is 1. The summed E-state index contributed by atoms with van der Waals surface area (Å²) in [5.74, 6) is -1.04. The molecule has 5 nitrogen and oxygen atoms in total. The minimum absolute atomic E-state index is 0.274. The van der Waals surface area contributed by atoms with Crippen molar-refractivity contribution in [1.82, 2.24) is 4.72 Å². The number of hydrogen-bond donors (Lipinski definition) is 2. The van der Waals surface area contributed by atoms with E-state index in [2.05, 4.69) is 4.72 Å². The van der Waals surface area contributed by atoms with E-state index in [1.165, 1.54) is 0 Å². The second-order valence-corrected chi connectivity index (χ2v) is 5.87. The van der Waals surface area contributed by atoms with Gasteiger partial charge >= 0.3 is 5.97 Å². The largest absolute Gasteiger partial charge is 0.481 e. The summed E-state index contributed by atoms with van der Waals surface area (Å²) < 4.78 is 25.0. The van der Waals surface area contributed by atoms with Crippen LogP contribution >= 0.6 is 0 Å². The highest BCUT2D eigenvalue weighted by Gasteiger charge is 2.21. The van der Waals surface area contributed by atoms with Crippen molar-refractivity contribution < 1.29 is 18.3 Å². The molecule has 0 aliphatic rings. The third-order valence-electron chi connectivity index (χ3n) is 2.55. The van der Waals surface area contributed by atoms with Crippen LogP contribution in [0.2, 0.25) is 0 Å². The smallest absolute Gasteiger partial charge is 0.305 e. The summed E-state index contributed by atoms with van der Waals surface area (Å²) in [6.45, 7) is 1.94.